The molecule has 1 aliphatic carbocycles. The second kappa shape index (κ2) is 5.77. The summed E-state index contributed by atoms with van der Waals surface area (Å²) in [6, 6.07) is 4.83. The molecule has 17 heavy (non-hydrogen) atoms. The van der Waals surface area contributed by atoms with Crippen molar-refractivity contribution in [1.29, 1.82) is 0 Å². The van der Waals surface area contributed by atoms with Crippen molar-refractivity contribution in [3.8, 4) is 0 Å². The van der Waals surface area contributed by atoms with Gasteiger partial charge in [-0.05, 0) is 53.6 Å². The summed E-state index contributed by atoms with van der Waals surface area (Å²) in [6.45, 7) is 1.39. The van der Waals surface area contributed by atoms with Crippen LogP contribution in [0.25, 0.3) is 0 Å². The van der Waals surface area contributed by atoms with Crippen molar-refractivity contribution in [3.05, 3.63) is 33.1 Å². The first kappa shape index (κ1) is 12.8. The Bertz CT molecular complexity index is 421. The van der Waals surface area contributed by atoms with Gasteiger partial charge in [0.05, 0.1) is 5.56 Å². The van der Waals surface area contributed by atoms with E-state index < -0.39 is 0 Å². The molecule has 0 aromatic heterocycles. The van der Waals surface area contributed by atoms with Gasteiger partial charge < -0.3 is 10.6 Å². The molecule has 0 unspecified atom stereocenters. The summed E-state index contributed by atoms with van der Waals surface area (Å²) in [7, 11) is 0. The fourth-order valence-electron chi connectivity index (χ4n) is 1.51. The third kappa shape index (κ3) is 3.92. The molecular formula is C12H14FIN2O. The first-order valence-corrected chi connectivity index (χ1v) is 6.71. The summed E-state index contributed by atoms with van der Waals surface area (Å²) >= 11 is 1.97. The highest BCUT2D eigenvalue weighted by atomic mass is 127. The van der Waals surface area contributed by atoms with Crippen LogP contribution in [0.1, 0.15) is 23.2 Å². The normalized spacial score (nSPS) is 14.7. The SMILES string of the molecule is O=C(NCCNC1CC1)c1ccc(F)cc1I. The van der Waals surface area contributed by atoms with E-state index in [-0.39, 0.29) is 11.7 Å². The molecule has 1 aromatic carbocycles. The predicted octanol–water partition coefficient (Wildman–Crippen LogP) is 1.91. The number of carbonyl (C=O) groups is 1. The largest absolute Gasteiger partial charge is 0.351 e. The lowest BCUT2D eigenvalue weighted by Crippen LogP contribution is -2.33. The fraction of sp³-hybridized carbons (Fsp3) is 0.417. The van der Waals surface area contributed by atoms with E-state index in [1.165, 1.54) is 31.0 Å². The third-order valence-electron chi connectivity index (χ3n) is 2.60. The zero-order chi connectivity index (χ0) is 12.3. The molecule has 0 heterocycles. The van der Waals surface area contributed by atoms with E-state index in [9.17, 15) is 9.18 Å². The zero-order valence-corrected chi connectivity index (χ0v) is 11.5. The monoisotopic (exact) mass is 348 g/mol. The number of hydrogen-bond acceptors (Lipinski definition) is 2. The maximum atomic E-state index is 12.9. The molecule has 0 saturated heterocycles. The molecule has 2 rings (SSSR count). The van der Waals surface area contributed by atoms with Gasteiger partial charge in [0.2, 0.25) is 0 Å². The maximum Gasteiger partial charge on any atom is 0.252 e. The molecule has 3 nitrogen and oxygen atoms in total. The van der Waals surface area contributed by atoms with Gasteiger partial charge in [-0.3, -0.25) is 4.79 Å². The molecule has 0 radical (unpaired) electrons. The van der Waals surface area contributed by atoms with Gasteiger partial charge in [0.15, 0.2) is 0 Å². The Morgan fingerprint density at radius 1 is 1.41 bits per heavy atom. The van der Waals surface area contributed by atoms with Gasteiger partial charge in [-0.15, -0.1) is 0 Å². The van der Waals surface area contributed by atoms with E-state index in [0.717, 1.165) is 6.54 Å². The molecule has 1 aromatic rings. The highest BCUT2D eigenvalue weighted by Gasteiger charge is 2.19. The van der Waals surface area contributed by atoms with Crippen LogP contribution in [0, 0.1) is 9.39 Å². The highest BCUT2D eigenvalue weighted by molar-refractivity contribution is 14.1. The average molecular weight is 348 g/mol. The Balaban J connectivity index is 1.81. The lowest BCUT2D eigenvalue weighted by Gasteiger charge is -2.07. The second-order valence-electron chi connectivity index (χ2n) is 4.11. The van der Waals surface area contributed by atoms with Crippen molar-refractivity contribution in [2.45, 2.75) is 18.9 Å². The minimum absolute atomic E-state index is 0.146. The second-order valence-corrected chi connectivity index (χ2v) is 5.27. The summed E-state index contributed by atoms with van der Waals surface area (Å²) in [5.74, 6) is -0.464. The summed E-state index contributed by atoms with van der Waals surface area (Å²) in [5.41, 5.74) is 0.526. The fourth-order valence-corrected chi connectivity index (χ4v) is 2.23. The Hall–Kier alpha value is -0.690. The molecule has 0 atom stereocenters. The molecule has 2 N–H and O–H groups in total. The van der Waals surface area contributed by atoms with Crippen LogP contribution in [-0.2, 0) is 0 Å². The van der Waals surface area contributed by atoms with Gasteiger partial charge in [0.25, 0.3) is 5.91 Å². The quantitative estimate of drug-likeness (QED) is 0.631. The smallest absolute Gasteiger partial charge is 0.252 e. The van der Waals surface area contributed by atoms with Crippen molar-refractivity contribution in [3.63, 3.8) is 0 Å². The molecule has 0 spiro atoms. The first-order valence-electron chi connectivity index (χ1n) is 5.63. The van der Waals surface area contributed by atoms with Crippen LogP contribution in [0.5, 0.6) is 0 Å². The van der Waals surface area contributed by atoms with E-state index in [1.807, 2.05) is 22.6 Å². The topological polar surface area (TPSA) is 41.1 Å². The van der Waals surface area contributed by atoms with Gasteiger partial charge in [-0.1, -0.05) is 0 Å². The van der Waals surface area contributed by atoms with Crippen LogP contribution in [0.4, 0.5) is 4.39 Å². The number of nitrogens with one attached hydrogen (secondary N) is 2. The van der Waals surface area contributed by atoms with Gasteiger partial charge >= 0.3 is 0 Å². The van der Waals surface area contributed by atoms with Crippen LogP contribution in [-0.4, -0.2) is 25.0 Å². The molecular weight excluding hydrogens is 334 g/mol. The molecule has 5 heteroatoms. The van der Waals surface area contributed by atoms with Crippen molar-refractivity contribution >= 4 is 28.5 Å². The molecule has 92 valence electrons. The summed E-state index contributed by atoms with van der Waals surface area (Å²) < 4.78 is 13.5. The minimum Gasteiger partial charge on any atom is -0.351 e. The molecule has 0 bridgehead atoms. The van der Waals surface area contributed by atoms with Gasteiger partial charge in [-0.2, -0.15) is 0 Å². The molecule has 0 aliphatic heterocycles. The maximum absolute atomic E-state index is 12.9. The summed E-state index contributed by atoms with van der Waals surface area (Å²) in [5, 5.41) is 6.12. The van der Waals surface area contributed by atoms with Crippen molar-refractivity contribution in [1.82, 2.24) is 10.6 Å². The Labute approximate surface area is 113 Å². The number of carbonyl (C=O) groups excluding carboxylic acids is 1. The van der Waals surface area contributed by atoms with Gasteiger partial charge in [0.1, 0.15) is 5.82 Å². The highest BCUT2D eigenvalue weighted by Crippen LogP contribution is 2.18. The van der Waals surface area contributed by atoms with E-state index in [0.29, 0.717) is 21.7 Å². The van der Waals surface area contributed by atoms with E-state index in [1.54, 1.807) is 0 Å². The standard InChI is InChI=1S/C12H14FIN2O/c13-8-1-4-10(11(14)7-8)12(17)16-6-5-15-9-2-3-9/h1,4,7,9,15H,2-3,5-6H2,(H,16,17). The lowest BCUT2D eigenvalue weighted by molar-refractivity contribution is 0.0953. The average Bonchev–Trinajstić information content (AvgIpc) is 3.08. The van der Waals surface area contributed by atoms with Crippen LogP contribution in [0.3, 0.4) is 0 Å². The van der Waals surface area contributed by atoms with Gasteiger partial charge in [-0.25, -0.2) is 4.39 Å². The molecule has 1 fully saturated rings. The number of hydrogen-bond donors (Lipinski definition) is 2. The minimum atomic E-state index is -0.318. The Kier molecular flexibility index (Phi) is 4.33. The van der Waals surface area contributed by atoms with Crippen LogP contribution in [0.15, 0.2) is 18.2 Å². The number of benzene rings is 1. The van der Waals surface area contributed by atoms with E-state index >= 15 is 0 Å². The number of rotatable bonds is 5. The van der Waals surface area contributed by atoms with Crippen molar-refractivity contribution < 1.29 is 9.18 Å². The first-order chi connectivity index (χ1) is 8.16. The van der Waals surface area contributed by atoms with Crippen LogP contribution >= 0.6 is 22.6 Å². The number of halogens is 2. The van der Waals surface area contributed by atoms with Crippen molar-refractivity contribution in [2.24, 2.45) is 0 Å². The molecule has 1 amide bonds. The lowest BCUT2D eigenvalue weighted by atomic mass is 10.2. The van der Waals surface area contributed by atoms with Crippen molar-refractivity contribution in [2.75, 3.05) is 13.1 Å². The Morgan fingerprint density at radius 3 is 2.82 bits per heavy atom. The van der Waals surface area contributed by atoms with Crippen LogP contribution in [0.2, 0.25) is 0 Å². The van der Waals surface area contributed by atoms with Crippen LogP contribution < -0.4 is 10.6 Å². The van der Waals surface area contributed by atoms with E-state index in [2.05, 4.69) is 10.6 Å². The molecule has 1 saturated carbocycles. The van der Waals surface area contributed by atoms with E-state index in [4.69, 9.17) is 0 Å². The predicted molar refractivity (Wildman–Crippen MR) is 72.5 cm³/mol. The Morgan fingerprint density at radius 2 is 2.18 bits per heavy atom. The summed E-state index contributed by atoms with van der Waals surface area (Å²) in [4.78, 5) is 11.8. The summed E-state index contributed by atoms with van der Waals surface area (Å²) in [6.07, 6.45) is 2.48. The van der Waals surface area contributed by atoms with Gasteiger partial charge in [0, 0.05) is 22.7 Å². The third-order valence-corrected chi connectivity index (χ3v) is 3.49. The molecule has 1 aliphatic rings. The zero-order valence-electron chi connectivity index (χ0n) is 9.30. The number of amides is 1.